The quantitative estimate of drug-likeness (QED) is 0.669. The van der Waals surface area contributed by atoms with Crippen LogP contribution in [-0.2, 0) is 0 Å². The van der Waals surface area contributed by atoms with E-state index < -0.39 is 4.92 Å². The van der Waals surface area contributed by atoms with Gasteiger partial charge in [0, 0.05) is 38.3 Å². The van der Waals surface area contributed by atoms with Crippen molar-refractivity contribution in [2.45, 2.75) is 37.8 Å². The summed E-state index contributed by atoms with van der Waals surface area (Å²) in [6, 6.07) is 3.12. The van der Waals surface area contributed by atoms with Gasteiger partial charge in [0.15, 0.2) is 0 Å². The molecule has 1 amide bonds. The van der Waals surface area contributed by atoms with Crippen molar-refractivity contribution in [3.05, 3.63) is 27.1 Å². The van der Waals surface area contributed by atoms with Crippen LogP contribution in [-0.4, -0.2) is 64.1 Å². The summed E-state index contributed by atoms with van der Waals surface area (Å²) in [6.45, 7) is 2.71. The van der Waals surface area contributed by atoms with Gasteiger partial charge in [-0.15, -0.1) is 0 Å². The number of aliphatic hydroxyl groups is 1. The molecular formula is C15H21N3O4S. The van der Waals surface area contributed by atoms with E-state index in [-0.39, 0.29) is 23.1 Å². The highest BCUT2D eigenvalue weighted by Crippen LogP contribution is 2.27. The minimum atomic E-state index is -0.468. The van der Waals surface area contributed by atoms with Gasteiger partial charge in [0.1, 0.15) is 0 Å². The summed E-state index contributed by atoms with van der Waals surface area (Å²) in [6.07, 6.45) is 3.87. The van der Waals surface area contributed by atoms with Gasteiger partial charge in [-0.25, -0.2) is 0 Å². The molecule has 1 aliphatic carbocycles. The first-order valence-electron chi connectivity index (χ1n) is 8.02. The smallest absolute Gasteiger partial charge is 0.324 e. The van der Waals surface area contributed by atoms with Crippen molar-refractivity contribution in [3.8, 4) is 0 Å². The maximum Gasteiger partial charge on any atom is 0.324 e. The SMILES string of the molecule is O=C(c1ccc([N+](=O)[O-])s1)N1CCN(C2CCCCC2O)CC1. The lowest BCUT2D eigenvalue weighted by molar-refractivity contribution is -0.380. The number of thiophene rings is 1. The van der Waals surface area contributed by atoms with Crippen LogP contribution in [0.2, 0.25) is 0 Å². The van der Waals surface area contributed by atoms with Gasteiger partial charge in [-0.3, -0.25) is 19.8 Å². The van der Waals surface area contributed by atoms with E-state index in [0.717, 1.165) is 50.1 Å². The highest BCUT2D eigenvalue weighted by molar-refractivity contribution is 7.17. The largest absolute Gasteiger partial charge is 0.391 e. The lowest BCUT2D eigenvalue weighted by Crippen LogP contribution is -2.55. The molecule has 0 spiro atoms. The average Bonchev–Trinajstić information content (AvgIpc) is 3.05. The van der Waals surface area contributed by atoms with Crippen LogP contribution in [0.3, 0.4) is 0 Å². The van der Waals surface area contributed by atoms with E-state index in [1.54, 1.807) is 4.90 Å². The van der Waals surface area contributed by atoms with Crippen molar-refractivity contribution in [2.75, 3.05) is 26.2 Å². The molecule has 2 heterocycles. The lowest BCUT2D eigenvalue weighted by atomic mass is 9.91. The van der Waals surface area contributed by atoms with E-state index in [2.05, 4.69) is 4.90 Å². The van der Waals surface area contributed by atoms with E-state index in [0.29, 0.717) is 18.0 Å². The van der Waals surface area contributed by atoms with E-state index in [9.17, 15) is 20.0 Å². The Morgan fingerprint density at radius 1 is 1.22 bits per heavy atom. The molecule has 2 atom stereocenters. The zero-order chi connectivity index (χ0) is 16.4. The lowest BCUT2D eigenvalue weighted by Gasteiger charge is -2.42. The molecule has 1 N–H and O–H groups in total. The molecule has 23 heavy (non-hydrogen) atoms. The number of nitro groups is 1. The Kier molecular flexibility index (Phi) is 4.93. The van der Waals surface area contributed by atoms with Crippen molar-refractivity contribution in [2.24, 2.45) is 0 Å². The van der Waals surface area contributed by atoms with Crippen molar-refractivity contribution in [1.82, 2.24) is 9.80 Å². The molecule has 2 aliphatic rings. The summed E-state index contributed by atoms with van der Waals surface area (Å²) in [5.41, 5.74) is 0. The van der Waals surface area contributed by atoms with Gasteiger partial charge < -0.3 is 10.0 Å². The van der Waals surface area contributed by atoms with Crippen LogP contribution in [0.5, 0.6) is 0 Å². The number of hydrogen-bond acceptors (Lipinski definition) is 6. The fourth-order valence-corrected chi connectivity index (χ4v) is 4.26. The van der Waals surface area contributed by atoms with Gasteiger partial charge in [0.05, 0.1) is 15.9 Å². The second-order valence-corrected chi connectivity index (χ2v) is 7.20. The van der Waals surface area contributed by atoms with E-state index >= 15 is 0 Å². The molecule has 1 saturated carbocycles. The average molecular weight is 339 g/mol. The highest BCUT2D eigenvalue weighted by Gasteiger charge is 2.32. The predicted octanol–water partition coefficient (Wildman–Crippen LogP) is 1.72. The zero-order valence-electron chi connectivity index (χ0n) is 12.9. The number of hydrogen-bond donors (Lipinski definition) is 1. The molecule has 2 fully saturated rings. The first-order valence-corrected chi connectivity index (χ1v) is 8.83. The molecule has 8 heteroatoms. The Morgan fingerprint density at radius 3 is 2.52 bits per heavy atom. The minimum Gasteiger partial charge on any atom is -0.391 e. The standard InChI is InChI=1S/C15H21N3O4S/c19-12-4-2-1-3-11(12)16-7-9-17(10-8-16)15(20)13-5-6-14(23-13)18(21)22/h5-6,11-12,19H,1-4,7-10H2. The van der Waals surface area contributed by atoms with Crippen LogP contribution in [0.25, 0.3) is 0 Å². The zero-order valence-corrected chi connectivity index (χ0v) is 13.7. The van der Waals surface area contributed by atoms with E-state index in [1.165, 1.54) is 12.1 Å². The summed E-state index contributed by atoms with van der Waals surface area (Å²) in [7, 11) is 0. The molecule has 1 aliphatic heterocycles. The van der Waals surface area contributed by atoms with Gasteiger partial charge in [-0.05, 0) is 18.9 Å². The second-order valence-electron chi connectivity index (χ2n) is 6.14. The van der Waals surface area contributed by atoms with Crippen LogP contribution in [0.15, 0.2) is 12.1 Å². The molecule has 1 aromatic rings. The number of amides is 1. The molecule has 7 nitrogen and oxygen atoms in total. The number of piperazine rings is 1. The van der Waals surface area contributed by atoms with E-state index in [4.69, 9.17) is 0 Å². The molecular weight excluding hydrogens is 318 g/mol. The molecule has 0 aromatic carbocycles. The molecule has 1 aromatic heterocycles. The molecule has 3 rings (SSSR count). The third kappa shape index (κ3) is 3.54. The Labute approximate surface area is 138 Å². The summed E-state index contributed by atoms with van der Waals surface area (Å²) in [4.78, 5) is 27.1. The van der Waals surface area contributed by atoms with Crippen LogP contribution in [0.1, 0.15) is 35.4 Å². The van der Waals surface area contributed by atoms with Gasteiger partial charge in [-0.1, -0.05) is 24.2 Å². The number of rotatable bonds is 3. The summed E-state index contributed by atoms with van der Waals surface area (Å²) in [5.74, 6) is -0.132. The van der Waals surface area contributed by atoms with Gasteiger partial charge in [0.25, 0.3) is 5.91 Å². The van der Waals surface area contributed by atoms with Crippen molar-refractivity contribution in [1.29, 1.82) is 0 Å². The number of nitrogens with zero attached hydrogens (tertiary/aromatic N) is 3. The van der Waals surface area contributed by atoms with Crippen LogP contribution in [0, 0.1) is 10.1 Å². The van der Waals surface area contributed by atoms with Crippen molar-refractivity contribution in [3.63, 3.8) is 0 Å². The Morgan fingerprint density at radius 2 is 1.91 bits per heavy atom. The van der Waals surface area contributed by atoms with E-state index in [1.807, 2.05) is 0 Å². The highest BCUT2D eigenvalue weighted by atomic mass is 32.1. The van der Waals surface area contributed by atoms with Gasteiger partial charge in [-0.2, -0.15) is 0 Å². The van der Waals surface area contributed by atoms with Crippen molar-refractivity contribution < 1.29 is 14.8 Å². The molecule has 2 unspecified atom stereocenters. The summed E-state index contributed by atoms with van der Waals surface area (Å²) >= 11 is 0.928. The first-order chi connectivity index (χ1) is 11.1. The van der Waals surface area contributed by atoms with Crippen LogP contribution >= 0.6 is 11.3 Å². The molecule has 0 bridgehead atoms. The summed E-state index contributed by atoms with van der Waals surface area (Å²) in [5, 5.41) is 20.9. The Bertz CT molecular complexity index is 583. The predicted molar refractivity (Wildman–Crippen MR) is 86.7 cm³/mol. The topological polar surface area (TPSA) is 86.9 Å². The number of carbonyl (C=O) groups is 1. The Balaban J connectivity index is 1.57. The molecule has 126 valence electrons. The minimum absolute atomic E-state index is 0.00249. The molecule has 0 radical (unpaired) electrons. The third-order valence-electron chi connectivity index (χ3n) is 4.75. The van der Waals surface area contributed by atoms with Crippen LogP contribution in [0.4, 0.5) is 5.00 Å². The number of aliphatic hydroxyl groups excluding tert-OH is 1. The monoisotopic (exact) mass is 339 g/mol. The maximum absolute atomic E-state index is 12.4. The number of carbonyl (C=O) groups excluding carboxylic acids is 1. The van der Waals surface area contributed by atoms with Crippen LogP contribution < -0.4 is 0 Å². The normalized spacial score (nSPS) is 26.2. The fourth-order valence-electron chi connectivity index (χ4n) is 3.47. The maximum atomic E-state index is 12.4. The van der Waals surface area contributed by atoms with Gasteiger partial charge >= 0.3 is 5.00 Å². The first kappa shape index (κ1) is 16.4. The fraction of sp³-hybridized carbons (Fsp3) is 0.667. The second kappa shape index (κ2) is 6.94. The molecule has 1 saturated heterocycles. The third-order valence-corrected chi connectivity index (χ3v) is 5.77. The van der Waals surface area contributed by atoms with Crippen molar-refractivity contribution >= 4 is 22.2 Å². The summed E-state index contributed by atoms with van der Waals surface area (Å²) < 4.78 is 0. The van der Waals surface area contributed by atoms with Gasteiger partial charge in [0.2, 0.25) is 0 Å². The Hall–Kier alpha value is -1.51.